The lowest BCUT2D eigenvalue weighted by Crippen LogP contribution is -2.95. The summed E-state index contributed by atoms with van der Waals surface area (Å²) < 4.78 is 0. The highest BCUT2D eigenvalue weighted by Crippen LogP contribution is 2.40. The first-order valence-electron chi connectivity index (χ1n) is 24.7. The molecule has 340 valence electrons. The van der Waals surface area contributed by atoms with Crippen LogP contribution in [0.4, 0.5) is 11.4 Å². The Hall–Kier alpha value is -7.77. The van der Waals surface area contributed by atoms with Crippen LogP contribution < -0.4 is 40.9 Å². The molecule has 1 aliphatic rings. The minimum Gasteiger partial charge on any atom is -0.363 e. The van der Waals surface area contributed by atoms with Gasteiger partial charge in [0.15, 0.2) is 15.2 Å². The second-order valence-corrected chi connectivity index (χ2v) is 29.9. The summed E-state index contributed by atoms with van der Waals surface area (Å²) in [5, 5.41) is 8.76. The van der Waals surface area contributed by atoms with Gasteiger partial charge in [0.1, 0.15) is 0 Å². The summed E-state index contributed by atoms with van der Waals surface area (Å²) in [6, 6.07) is 102. The van der Waals surface area contributed by atoms with Crippen LogP contribution in [0, 0.1) is 13.8 Å². The molecule has 1 aliphatic heterocycles. The van der Waals surface area contributed by atoms with E-state index in [1.807, 2.05) is 0 Å². The number of fused-ring (bicyclic) bond motifs is 3. The fourth-order valence-corrected chi connectivity index (χ4v) is 32.0. The van der Waals surface area contributed by atoms with E-state index in [1.54, 1.807) is 0 Å². The van der Waals surface area contributed by atoms with E-state index in [2.05, 4.69) is 291 Å². The van der Waals surface area contributed by atoms with Crippen LogP contribution in [0.15, 0.2) is 267 Å². The summed E-state index contributed by atoms with van der Waals surface area (Å²) >= 11 is 0. The Labute approximate surface area is 416 Å². The molecule has 10 aromatic carbocycles. The lowest BCUT2D eigenvalue weighted by molar-refractivity contribution is 0.796. The minimum atomic E-state index is -3.19. The van der Waals surface area contributed by atoms with E-state index in [4.69, 9.17) is 0 Å². The highest BCUT2D eigenvalue weighted by Gasteiger charge is 2.65. The predicted octanol–water partition coefficient (Wildman–Crippen LogP) is 11.4. The summed E-state index contributed by atoms with van der Waals surface area (Å²) in [5.41, 5.74) is 13.0. The van der Waals surface area contributed by atoms with Crippen LogP contribution in [0.25, 0.3) is 11.1 Å². The number of nitrogens with zero attached hydrogens (tertiary/aromatic N) is 2. The van der Waals surface area contributed by atoms with Gasteiger partial charge in [-0.2, -0.15) is 0 Å². The van der Waals surface area contributed by atoms with E-state index < -0.39 is 15.2 Å². The molecule has 1 heterocycles. The van der Waals surface area contributed by atoms with Crippen molar-refractivity contribution in [2.45, 2.75) is 40.0 Å². The average Bonchev–Trinajstić information content (AvgIpc) is 3.42. The molecule has 0 atom stereocenters. The van der Waals surface area contributed by atoms with E-state index >= 15 is 0 Å². The second-order valence-electron chi connectivity index (χ2n) is 19.0. The Kier molecular flexibility index (Phi) is 12.6. The lowest BCUT2D eigenvalue weighted by atomic mass is 9.98. The molecule has 0 aliphatic carbocycles. The van der Waals surface area contributed by atoms with Gasteiger partial charge < -0.3 is 9.80 Å². The van der Waals surface area contributed by atoms with Gasteiger partial charge in [0.05, 0.1) is 0 Å². The molecule has 70 heavy (non-hydrogen) atoms. The van der Waals surface area contributed by atoms with Crippen LogP contribution >= 0.6 is 0 Å². The molecule has 0 unspecified atom stereocenters. The zero-order chi connectivity index (χ0) is 47.3. The topological polar surface area (TPSA) is 6.48 Å². The molecule has 0 radical (unpaired) electrons. The maximum atomic E-state index is 2.67. The molecule has 0 N–H and O–H groups in total. The third-order valence-electron chi connectivity index (χ3n) is 14.7. The van der Waals surface area contributed by atoms with Crippen molar-refractivity contribution in [2.24, 2.45) is 0 Å². The second kappa shape index (κ2) is 19.7. The molecule has 0 saturated heterocycles. The van der Waals surface area contributed by atoms with Crippen molar-refractivity contribution in [2.75, 3.05) is 9.80 Å². The fourth-order valence-electron chi connectivity index (χ4n) is 11.8. The van der Waals surface area contributed by atoms with E-state index in [0.29, 0.717) is 0 Å². The third-order valence-corrected chi connectivity index (χ3v) is 31.5. The molecule has 0 aromatic heterocycles. The van der Waals surface area contributed by atoms with Gasteiger partial charge in [-0.1, -0.05) is 276 Å². The molecule has 0 saturated carbocycles. The van der Waals surface area contributed by atoms with Gasteiger partial charge in [0, 0.05) is 37.6 Å². The largest absolute Gasteiger partial charge is 0.363 e. The summed E-state index contributed by atoms with van der Waals surface area (Å²) in [4.78, 5) is 5.24. The summed E-state index contributed by atoms with van der Waals surface area (Å²) in [5.74, 6) is 0. The highest BCUT2D eigenvalue weighted by atomic mass is 29.3. The number of benzene rings is 10. The number of anilines is 2. The quantitative estimate of drug-likeness (QED) is 0.100. The maximum absolute atomic E-state index is 3.19. The van der Waals surface area contributed by atoms with Crippen LogP contribution in [-0.4, -0.2) is 15.2 Å². The Morgan fingerprint density at radius 1 is 0.271 bits per heavy atom. The zero-order valence-corrected chi connectivity index (χ0v) is 42.1. The van der Waals surface area contributed by atoms with Gasteiger partial charge in [-0.3, -0.25) is 0 Å². The minimum absolute atomic E-state index is 0.788. The van der Waals surface area contributed by atoms with Crippen molar-refractivity contribution >= 4 is 57.7 Å². The van der Waals surface area contributed by atoms with Crippen molar-refractivity contribution in [3.8, 4) is 11.1 Å². The Morgan fingerprint density at radius 2 is 0.486 bits per heavy atom. The van der Waals surface area contributed by atoms with Gasteiger partial charge in [-0.25, -0.2) is 0 Å². The van der Waals surface area contributed by atoms with Crippen molar-refractivity contribution in [1.29, 1.82) is 0 Å². The molecule has 10 aromatic rings. The molecule has 0 fully saturated rings. The Bertz CT molecular complexity index is 2930. The number of hydrogen-bond acceptors (Lipinski definition) is 2. The van der Waals surface area contributed by atoms with Crippen molar-refractivity contribution in [3.05, 3.63) is 300 Å². The average molecular weight is 935 g/mol. The van der Waals surface area contributed by atoms with Gasteiger partial charge in [-0.15, -0.1) is 0 Å². The van der Waals surface area contributed by atoms with Gasteiger partial charge in [0.2, 0.25) is 0 Å². The molecular weight excluding hydrogens is 877 g/mol. The first-order chi connectivity index (χ1) is 34.5. The van der Waals surface area contributed by atoms with Crippen LogP contribution in [0.5, 0.6) is 0 Å². The molecule has 0 spiro atoms. The SMILES string of the molecule is Cc1cc2c(cc1N(Cc1ccccc1)Cc1ccccc1)-c1cc(N(Cc3ccccc3)Cc3ccccc3)c(C)cc1[Si](c1ccccc1)(c1ccccc1)[Si]2(c1ccccc1)c1ccccc1. The van der Waals surface area contributed by atoms with Gasteiger partial charge >= 0.3 is 0 Å². The highest BCUT2D eigenvalue weighted by molar-refractivity contribution is 7.68. The number of aryl methyl sites for hydroxylation is 2. The fraction of sp³-hybridized carbons (Fsp3) is 0.0909. The standard InChI is InChI=1S/C66H58N2Si2/c1-51-43-65-61(45-63(51)67(47-53-27-11-3-12-28-53)48-54-29-13-4-14-30-54)62-46-64(68(49-55-31-15-5-16-32-55)50-56-33-17-6-18-34-56)52(2)44-66(62)70(59-39-23-9-24-40-59,60-41-25-10-26-42-60)69(65,57-35-19-7-20-36-57)58-37-21-8-22-38-58/h3-46H,47-50H2,1-2H3. The van der Waals surface area contributed by atoms with Crippen molar-refractivity contribution in [1.82, 2.24) is 0 Å². The summed E-state index contributed by atoms with van der Waals surface area (Å²) in [6.45, 7) is 7.90. The predicted molar refractivity (Wildman–Crippen MR) is 302 cm³/mol. The van der Waals surface area contributed by atoms with Crippen LogP contribution in [-0.2, 0) is 26.2 Å². The number of rotatable bonds is 14. The molecule has 2 nitrogen and oxygen atoms in total. The zero-order valence-electron chi connectivity index (χ0n) is 40.1. The molecule has 0 bridgehead atoms. The maximum Gasteiger partial charge on any atom is 0.155 e. The van der Waals surface area contributed by atoms with E-state index in [-0.39, 0.29) is 0 Å². The Morgan fingerprint density at radius 3 is 0.714 bits per heavy atom. The van der Waals surface area contributed by atoms with E-state index in [1.165, 1.54) is 87.0 Å². The molecule has 11 rings (SSSR count). The smallest absolute Gasteiger partial charge is 0.155 e. The van der Waals surface area contributed by atoms with E-state index in [0.717, 1.165) is 26.2 Å². The van der Waals surface area contributed by atoms with E-state index in [9.17, 15) is 0 Å². The number of hydrogen-bond donors (Lipinski definition) is 0. The monoisotopic (exact) mass is 934 g/mol. The van der Waals surface area contributed by atoms with Crippen LogP contribution in [0.3, 0.4) is 0 Å². The van der Waals surface area contributed by atoms with Gasteiger partial charge in [0.25, 0.3) is 0 Å². The van der Waals surface area contributed by atoms with Gasteiger partial charge in [-0.05, 0) is 80.9 Å². The van der Waals surface area contributed by atoms with Crippen LogP contribution in [0.2, 0.25) is 0 Å². The molecular formula is C66H58N2Si2. The van der Waals surface area contributed by atoms with Crippen molar-refractivity contribution < 1.29 is 0 Å². The summed E-state index contributed by atoms with van der Waals surface area (Å²) in [7, 11) is -6.38. The first-order valence-corrected chi connectivity index (χ1v) is 29.7. The normalized spacial score (nSPS) is 13.2. The molecule has 0 amide bonds. The third kappa shape index (κ3) is 8.13. The molecule has 4 heteroatoms. The Balaban J connectivity index is 1.29. The lowest BCUT2D eigenvalue weighted by Gasteiger charge is -2.54. The van der Waals surface area contributed by atoms with Crippen molar-refractivity contribution in [3.63, 3.8) is 0 Å². The summed E-state index contributed by atoms with van der Waals surface area (Å²) in [6.07, 6.45) is 0. The first kappa shape index (κ1) is 44.7. The van der Waals surface area contributed by atoms with Crippen LogP contribution in [0.1, 0.15) is 33.4 Å².